The minimum atomic E-state index is -1.22. The van der Waals surface area contributed by atoms with Gasteiger partial charge in [-0.15, -0.1) is 0 Å². The summed E-state index contributed by atoms with van der Waals surface area (Å²) in [7, 11) is 1.40. The highest BCUT2D eigenvalue weighted by atomic mass is 19.2. The molecule has 0 unspecified atom stereocenters. The van der Waals surface area contributed by atoms with Crippen LogP contribution in [0.15, 0.2) is 12.1 Å². The van der Waals surface area contributed by atoms with Gasteiger partial charge in [-0.25, -0.2) is 8.78 Å². The van der Waals surface area contributed by atoms with Crippen molar-refractivity contribution in [2.45, 2.75) is 12.3 Å². The summed E-state index contributed by atoms with van der Waals surface area (Å²) in [5.41, 5.74) is 0.228. The maximum absolute atomic E-state index is 13.1. The molecule has 1 atom stereocenters. The van der Waals surface area contributed by atoms with Crippen LogP contribution in [0.25, 0.3) is 0 Å². The molecule has 1 N–H and O–H groups in total. The Bertz CT molecular complexity index is 516. The van der Waals surface area contributed by atoms with Crippen molar-refractivity contribution >= 4 is 17.6 Å². The van der Waals surface area contributed by atoms with Crippen molar-refractivity contribution in [1.82, 2.24) is 0 Å². The molecule has 0 saturated carbocycles. The molecule has 4 nitrogen and oxygen atoms in total. The van der Waals surface area contributed by atoms with Crippen LogP contribution >= 0.6 is 0 Å². The first-order chi connectivity index (χ1) is 7.91. The molecular weight excluding hydrogens is 232 g/mol. The van der Waals surface area contributed by atoms with Crippen LogP contribution in [0.3, 0.4) is 0 Å². The van der Waals surface area contributed by atoms with Crippen LogP contribution in [-0.2, 0) is 9.59 Å². The second-order valence-corrected chi connectivity index (χ2v) is 3.87. The van der Waals surface area contributed by atoms with E-state index in [2.05, 4.69) is 0 Å². The molecule has 0 aromatic heterocycles. The predicted octanol–water partition coefficient (Wildman–Crippen LogP) is 1.50. The average Bonchev–Trinajstić information content (AvgIpc) is 2.26. The molecule has 1 aromatic rings. The van der Waals surface area contributed by atoms with Gasteiger partial charge in [0.1, 0.15) is 0 Å². The number of hydrogen-bond acceptors (Lipinski definition) is 2. The highest BCUT2D eigenvalue weighted by molar-refractivity contribution is 6.01. The SMILES string of the molecule is CN1C(=O)C[C@H](C(=O)O)c2cc(F)c(F)cc21. The van der Waals surface area contributed by atoms with Crippen molar-refractivity contribution in [2.75, 3.05) is 11.9 Å². The standard InChI is InChI=1S/C11H9F2NO3/c1-14-9-4-8(13)7(12)2-5(9)6(11(16)17)3-10(14)15/h2,4,6H,3H2,1H3,(H,16,17)/t6-/m0/s1. The number of amides is 1. The van der Waals surface area contributed by atoms with Crippen LogP contribution in [0.4, 0.5) is 14.5 Å². The summed E-state index contributed by atoms with van der Waals surface area (Å²) in [6.45, 7) is 0. The summed E-state index contributed by atoms with van der Waals surface area (Å²) in [5, 5.41) is 8.96. The fraction of sp³-hybridized carbons (Fsp3) is 0.273. The van der Waals surface area contributed by atoms with Crippen LogP contribution in [0.1, 0.15) is 17.9 Å². The number of nitrogens with zero attached hydrogens (tertiary/aromatic N) is 1. The van der Waals surface area contributed by atoms with E-state index in [0.717, 1.165) is 17.0 Å². The second kappa shape index (κ2) is 3.80. The summed E-state index contributed by atoms with van der Waals surface area (Å²) in [5.74, 6) is -4.99. The molecule has 0 spiro atoms. The van der Waals surface area contributed by atoms with E-state index < -0.39 is 29.4 Å². The van der Waals surface area contributed by atoms with E-state index in [-0.39, 0.29) is 17.7 Å². The van der Waals surface area contributed by atoms with Crippen LogP contribution in [0.5, 0.6) is 0 Å². The maximum Gasteiger partial charge on any atom is 0.311 e. The zero-order valence-corrected chi connectivity index (χ0v) is 8.91. The number of carbonyl (C=O) groups is 2. The van der Waals surface area contributed by atoms with Gasteiger partial charge >= 0.3 is 5.97 Å². The zero-order valence-electron chi connectivity index (χ0n) is 8.91. The van der Waals surface area contributed by atoms with Crippen molar-refractivity contribution in [3.63, 3.8) is 0 Å². The number of anilines is 1. The minimum Gasteiger partial charge on any atom is -0.481 e. The molecule has 0 aliphatic carbocycles. The largest absolute Gasteiger partial charge is 0.481 e. The number of aliphatic carboxylic acids is 1. The Hall–Kier alpha value is -1.98. The molecule has 1 aliphatic heterocycles. The zero-order chi connectivity index (χ0) is 12.7. The highest BCUT2D eigenvalue weighted by Crippen LogP contribution is 2.36. The topological polar surface area (TPSA) is 57.6 Å². The lowest BCUT2D eigenvalue weighted by Gasteiger charge is -2.29. The lowest BCUT2D eigenvalue weighted by molar-refractivity contribution is -0.140. The van der Waals surface area contributed by atoms with E-state index in [0.29, 0.717) is 0 Å². The lowest BCUT2D eigenvalue weighted by Crippen LogP contribution is -2.35. The number of carboxylic acids is 1. The highest BCUT2D eigenvalue weighted by Gasteiger charge is 2.34. The molecule has 0 fully saturated rings. The van der Waals surface area contributed by atoms with Gasteiger partial charge in [-0.05, 0) is 11.6 Å². The van der Waals surface area contributed by atoms with E-state index in [1.54, 1.807) is 0 Å². The minimum absolute atomic E-state index is 0.104. The van der Waals surface area contributed by atoms with Crippen molar-refractivity contribution in [2.24, 2.45) is 0 Å². The van der Waals surface area contributed by atoms with Gasteiger partial charge in [0.05, 0.1) is 11.6 Å². The van der Waals surface area contributed by atoms with E-state index >= 15 is 0 Å². The monoisotopic (exact) mass is 241 g/mol. The Morgan fingerprint density at radius 1 is 1.41 bits per heavy atom. The van der Waals surface area contributed by atoms with Gasteiger partial charge in [0.15, 0.2) is 11.6 Å². The van der Waals surface area contributed by atoms with E-state index in [1.807, 2.05) is 0 Å². The Morgan fingerprint density at radius 2 is 2.00 bits per heavy atom. The van der Waals surface area contributed by atoms with Crippen LogP contribution in [0, 0.1) is 11.6 Å². The van der Waals surface area contributed by atoms with E-state index in [4.69, 9.17) is 5.11 Å². The number of hydrogen-bond donors (Lipinski definition) is 1. The van der Waals surface area contributed by atoms with Gasteiger partial charge in [0, 0.05) is 19.5 Å². The molecule has 1 aliphatic rings. The molecule has 1 amide bonds. The molecule has 6 heteroatoms. The van der Waals surface area contributed by atoms with Crippen molar-refractivity contribution in [1.29, 1.82) is 0 Å². The molecule has 1 aromatic carbocycles. The number of rotatable bonds is 1. The predicted molar refractivity (Wildman–Crippen MR) is 54.8 cm³/mol. The first kappa shape index (κ1) is 11.5. The number of carbonyl (C=O) groups excluding carboxylic acids is 1. The molecule has 0 bridgehead atoms. The summed E-state index contributed by atoms with van der Waals surface area (Å²) >= 11 is 0. The van der Waals surface area contributed by atoms with Gasteiger partial charge in [-0.2, -0.15) is 0 Å². The van der Waals surface area contributed by atoms with E-state index in [1.165, 1.54) is 7.05 Å². The Kier molecular flexibility index (Phi) is 2.57. The first-order valence-electron chi connectivity index (χ1n) is 4.90. The van der Waals surface area contributed by atoms with Crippen molar-refractivity contribution < 1.29 is 23.5 Å². The summed E-state index contributed by atoms with van der Waals surface area (Å²) in [4.78, 5) is 23.6. The summed E-state index contributed by atoms with van der Waals surface area (Å²) < 4.78 is 26.2. The third-order valence-electron chi connectivity index (χ3n) is 2.86. The summed E-state index contributed by atoms with van der Waals surface area (Å²) in [6, 6.07) is 1.68. The van der Waals surface area contributed by atoms with Gasteiger partial charge in [-0.1, -0.05) is 0 Å². The second-order valence-electron chi connectivity index (χ2n) is 3.87. The number of halogens is 2. The molecule has 2 rings (SSSR count). The van der Waals surface area contributed by atoms with Crippen LogP contribution in [0.2, 0.25) is 0 Å². The smallest absolute Gasteiger partial charge is 0.311 e. The van der Waals surface area contributed by atoms with Crippen LogP contribution in [-0.4, -0.2) is 24.0 Å². The molecule has 0 radical (unpaired) electrons. The first-order valence-corrected chi connectivity index (χ1v) is 4.90. The number of carboxylic acid groups (broad SMARTS) is 1. The van der Waals surface area contributed by atoms with E-state index in [9.17, 15) is 18.4 Å². The fourth-order valence-corrected chi connectivity index (χ4v) is 1.90. The number of fused-ring (bicyclic) bond motifs is 1. The molecule has 17 heavy (non-hydrogen) atoms. The molecule has 90 valence electrons. The third-order valence-corrected chi connectivity index (χ3v) is 2.86. The van der Waals surface area contributed by atoms with Crippen molar-refractivity contribution in [3.05, 3.63) is 29.3 Å². The maximum atomic E-state index is 13.1. The normalized spacial score (nSPS) is 19.1. The van der Waals surface area contributed by atoms with Crippen molar-refractivity contribution in [3.8, 4) is 0 Å². The van der Waals surface area contributed by atoms with Gasteiger partial charge in [0.2, 0.25) is 5.91 Å². The Morgan fingerprint density at radius 3 is 2.59 bits per heavy atom. The Balaban J connectivity index is 2.64. The lowest BCUT2D eigenvalue weighted by atomic mass is 9.89. The third kappa shape index (κ3) is 1.75. The van der Waals surface area contributed by atoms with Gasteiger partial charge in [-0.3, -0.25) is 9.59 Å². The summed E-state index contributed by atoms with van der Waals surface area (Å²) in [6.07, 6.45) is -0.246. The van der Waals surface area contributed by atoms with Crippen LogP contribution < -0.4 is 4.90 Å². The molecular formula is C11H9F2NO3. The fourth-order valence-electron chi connectivity index (χ4n) is 1.90. The quantitative estimate of drug-likeness (QED) is 0.810. The van der Waals surface area contributed by atoms with Gasteiger partial charge < -0.3 is 10.0 Å². The van der Waals surface area contributed by atoms with Gasteiger partial charge in [0.25, 0.3) is 0 Å². The molecule has 1 heterocycles. The molecule has 0 saturated heterocycles. The number of benzene rings is 1. The average molecular weight is 241 g/mol. The Labute approximate surface area is 95.5 Å².